The Balaban J connectivity index is 1.52. The summed E-state index contributed by atoms with van der Waals surface area (Å²) in [6.45, 7) is 0.934. The van der Waals surface area contributed by atoms with Crippen molar-refractivity contribution < 1.29 is 0 Å². The fourth-order valence-corrected chi connectivity index (χ4v) is 3.56. The Hall–Kier alpha value is -2.12. The summed E-state index contributed by atoms with van der Waals surface area (Å²) in [5, 5.41) is 6.40. The van der Waals surface area contributed by atoms with E-state index in [0.29, 0.717) is 6.04 Å². The van der Waals surface area contributed by atoms with Gasteiger partial charge < -0.3 is 5.32 Å². The van der Waals surface area contributed by atoms with E-state index in [-0.39, 0.29) is 0 Å². The fourth-order valence-electron chi connectivity index (χ4n) is 3.56. The lowest BCUT2D eigenvalue weighted by atomic mass is 9.87. The van der Waals surface area contributed by atoms with Crippen molar-refractivity contribution in [3.8, 4) is 0 Å². The largest absolute Gasteiger partial charge is 0.306 e. The van der Waals surface area contributed by atoms with Crippen molar-refractivity contribution in [1.82, 2.24) is 5.32 Å². The van der Waals surface area contributed by atoms with Crippen molar-refractivity contribution in [2.75, 3.05) is 0 Å². The van der Waals surface area contributed by atoms with Gasteiger partial charge in [-0.3, -0.25) is 0 Å². The monoisotopic (exact) mass is 287 g/mol. The van der Waals surface area contributed by atoms with Gasteiger partial charge in [-0.1, -0.05) is 60.7 Å². The number of hydrogen-bond acceptors (Lipinski definition) is 1. The quantitative estimate of drug-likeness (QED) is 0.714. The second-order valence-electron chi connectivity index (χ2n) is 6.21. The van der Waals surface area contributed by atoms with Crippen LogP contribution >= 0.6 is 0 Å². The van der Waals surface area contributed by atoms with E-state index in [1.807, 2.05) is 0 Å². The number of benzene rings is 3. The summed E-state index contributed by atoms with van der Waals surface area (Å²) < 4.78 is 0. The average molecular weight is 287 g/mol. The molecule has 0 unspecified atom stereocenters. The van der Waals surface area contributed by atoms with Gasteiger partial charge in [0, 0.05) is 12.6 Å². The van der Waals surface area contributed by atoms with Gasteiger partial charge in [-0.05, 0) is 52.8 Å². The Kier molecular flexibility index (Phi) is 3.65. The molecular weight excluding hydrogens is 266 g/mol. The lowest BCUT2D eigenvalue weighted by molar-refractivity contribution is 0.459. The zero-order valence-corrected chi connectivity index (χ0v) is 12.8. The molecule has 0 saturated carbocycles. The summed E-state index contributed by atoms with van der Waals surface area (Å²) in [6.07, 6.45) is 3.75. The van der Waals surface area contributed by atoms with Crippen LogP contribution in [0.5, 0.6) is 0 Å². The van der Waals surface area contributed by atoms with Crippen LogP contribution in [-0.2, 0) is 13.0 Å². The fraction of sp³-hybridized carbons (Fsp3) is 0.238. The van der Waals surface area contributed by atoms with Gasteiger partial charge >= 0.3 is 0 Å². The number of rotatable bonds is 3. The van der Waals surface area contributed by atoms with Crippen LogP contribution in [0, 0.1) is 0 Å². The van der Waals surface area contributed by atoms with E-state index in [9.17, 15) is 0 Å². The van der Waals surface area contributed by atoms with E-state index >= 15 is 0 Å². The van der Waals surface area contributed by atoms with E-state index in [2.05, 4.69) is 72.0 Å². The summed E-state index contributed by atoms with van der Waals surface area (Å²) >= 11 is 0. The van der Waals surface area contributed by atoms with Gasteiger partial charge in [-0.25, -0.2) is 0 Å². The molecule has 110 valence electrons. The molecule has 0 fully saturated rings. The second kappa shape index (κ2) is 5.94. The highest BCUT2D eigenvalue weighted by molar-refractivity contribution is 5.82. The average Bonchev–Trinajstić information content (AvgIpc) is 2.60. The van der Waals surface area contributed by atoms with Crippen LogP contribution < -0.4 is 5.32 Å². The standard InChI is InChI=1S/C21H21N/c1-2-8-19-14-16(12-13-17(19)6-1)15-22-21-11-5-9-18-7-3-4-10-20(18)21/h1-4,6-8,10,12-14,21-22H,5,9,11,15H2/t21-/m0/s1. The minimum atomic E-state index is 0.497. The Morgan fingerprint density at radius 2 is 1.68 bits per heavy atom. The number of aryl methyl sites for hydroxylation is 1. The van der Waals surface area contributed by atoms with Crippen molar-refractivity contribution >= 4 is 10.8 Å². The van der Waals surface area contributed by atoms with Gasteiger partial charge in [-0.2, -0.15) is 0 Å². The normalized spacial score (nSPS) is 17.4. The van der Waals surface area contributed by atoms with Crippen molar-refractivity contribution in [2.45, 2.75) is 31.8 Å². The highest BCUT2D eigenvalue weighted by Gasteiger charge is 2.18. The summed E-state index contributed by atoms with van der Waals surface area (Å²) in [6, 6.07) is 24.7. The number of hydrogen-bond donors (Lipinski definition) is 1. The zero-order chi connectivity index (χ0) is 14.8. The predicted molar refractivity (Wildman–Crippen MR) is 92.9 cm³/mol. The summed E-state index contributed by atoms with van der Waals surface area (Å²) in [7, 11) is 0. The first-order chi connectivity index (χ1) is 10.9. The SMILES string of the molecule is c1ccc2c(c1)CCC[C@@H]2NCc1ccc2ccccc2c1. The van der Waals surface area contributed by atoms with Gasteiger partial charge in [0.25, 0.3) is 0 Å². The van der Waals surface area contributed by atoms with Crippen LogP contribution in [-0.4, -0.2) is 0 Å². The van der Waals surface area contributed by atoms with Crippen molar-refractivity contribution in [3.63, 3.8) is 0 Å². The molecule has 1 N–H and O–H groups in total. The summed E-state index contributed by atoms with van der Waals surface area (Å²) in [4.78, 5) is 0. The van der Waals surface area contributed by atoms with E-state index in [1.54, 1.807) is 0 Å². The Morgan fingerprint density at radius 3 is 2.64 bits per heavy atom. The highest BCUT2D eigenvalue weighted by atomic mass is 14.9. The van der Waals surface area contributed by atoms with E-state index < -0.39 is 0 Å². The minimum Gasteiger partial charge on any atom is -0.306 e. The molecule has 4 rings (SSSR count). The first-order valence-electron chi connectivity index (χ1n) is 8.19. The molecule has 0 saturated heterocycles. The first kappa shape index (κ1) is 13.5. The maximum atomic E-state index is 3.76. The molecule has 0 amide bonds. The van der Waals surface area contributed by atoms with Gasteiger partial charge in [0.1, 0.15) is 0 Å². The Morgan fingerprint density at radius 1 is 0.864 bits per heavy atom. The third-order valence-electron chi connectivity index (χ3n) is 4.74. The van der Waals surface area contributed by atoms with Gasteiger partial charge in [0.2, 0.25) is 0 Å². The molecule has 0 bridgehead atoms. The molecule has 1 atom stereocenters. The smallest absolute Gasteiger partial charge is 0.0326 e. The molecule has 1 heteroatoms. The van der Waals surface area contributed by atoms with Gasteiger partial charge in [0.15, 0.2) is 0 Å². The lowest BCUT2D eigenvalue weighted by Gasteiger charge is -2.26. The van der Waals surface area contributed by atoms with Crippen LogP contribution in [0.2, 0.25) is 0 Å². The van der Waals surface area contributed by atoms with Crippen LogP contribution in [0.4, 0.5) is 0 Å². The van der Waals surface area contributed by atoms with Gasteiger partial charge in [-0.15, -0.1) is 0 Å². The van der Waals surface area contributed by atoms with Crippen molar-refractivity contribution in [2.24, 2.45) is 0 Å². The van der Waals surface area contributed by atoms with E-state index in [0.717, 1.165) is 6.54 Å². The molecule has 1 aliphatic carbocycles. The third kappa shape index (κ3) is 2.65. The number of nitrogens with one attached hydrogen (secondary N) is 1. The Labute approximate surface area is 132 Å². The van der Waals surface area contributed by atoms with E-state index in [4.69, 9.17) is 0 Å². The minimum absolute atomic E-state index is 0.497. The maximum Gasteiger partial charge on any atom is 0.0326 e. The maximum absolute atomic E-state index is 3.76. The Bertz CT molecular complexity index is 791. The summed E-state index contributed by atoms with van der Waals surface area (Å²) in [5.74, 6) is 0. The molecule has 0 radical (unpaired) electrons. The van der Waals surface area contributed by atoms with Crippen molar-refractivity contribution in [3.05, 3.63) is 83.4 Å². The molecule has 0 spiro atoms. The molecule has 1 nitrogen and oxygen atoms in total. The van der Waals surface area contributed by atoms with Crippen LogP contribution in [0.25, 0.3) is 10.8 Å². The molecule has 3 aromatic rings. The molecule has 0 aromatic heterocycles. The van der Waals surface area contributed by atoms with Crippen molar-refractivity contribution in [1.29, 1.82) is 0 Å². The van der Waals surface area contributed by atoms with Crippen LogP contribution in [0.15, 0.2) is 66.7 Å². The van der Waals surface area contributed by atoms with Crippen LogP contribution in [0.3, 0.4) is 0 Å². The molecule has 3 aromatic carbocycles. The second-order valence-corrected chi connectivity index (χ2v) is 6.21. The van der Waals surface area contributed by atoms with E-state index in [1.165, 1.54) is 46.7 Å². The summed E-state index contributed by atoms with van der Waals surface area (Å²) in [5.41, 5.74) is 4.38. The predicted octanol–water partition coefficient (Wildman–Crippen LogP) is 5.01. The third-order valence-corrected chi connectivity index (χ3v) is 4.74. The zero-order valence-electron chi connectivity index (χ0n) is 12.8. The van der Waals surface area contributed by atoms with Crippen LogP contribution in [0.1, 0.15) is 35.6 Å². The topological polar surface area (TPSA) is 12.0 Å². The van der Waals surface area contributed by atoms with Gasteiger partial charge in [0.05, 0.1) is 0 Å². The lowest BCUT2D eigenvalue weighted by Crippen LogP contribution is -2.24. The molecule has 1 aliphatic rings. The first-order valence-corrected chi connectivity index (χ1v) is 8.19. The molecule has 22 heavy (non-hydrogen) atoms. The number of fused-ring (bicyclic) bond motifs is 2. The highest BCUT2D eigenvalue weighted by Crippen LogP contribution is 2.29. The molecule has 0 heterocycles. The molecule has 0 aliphatic heterocycles. The molecular formula is C21H21N.